The van der Waals surface area contributed by atoms with Gasteiger partial charge < -0.3 is 19.3 Å². The monoisotopic (exact) mass is 324 g/mol. The maximum absolute atomic E-state index is 11.7. The highest BCUT2D eigenvalue weighted by Gasteiger charge is 2.36. The molecule has 0 radical (unpaired) electrons. The van der Waals surface area contributed by atoms with Gasteiger partial charge in [0.15, 0.2) is 5.60 Å². The van der Waals surface area contributed by atoms with Crippen LogP contribution < -0.4 is 4.74 Å². The number of ether oxygens (including phenoxy) is 3. The SMILES string of the molecule is COc1cc(C)ccc1C(O)(COC(C)=O)COC(=O)C(C)C. The Morgan fingerprint density at radius 3 is 2.35 bits per heavy atom. The van der Waals surface area contributed by atoms with Crippen molar-refractivity contribution in [2.45, 2.75) is 33.3 Å². The summed E-state index contributed by atoms with van der Waals surface area (Å²) < 4.78 is 15.4. The highest BCUT2D eigenvalue weighted by molar-refractivity contribution is 5.71. The molecular weight excluding hydrogens is 300 g/mol. The van der Waals surface area contributed by atoms with Crippen LogP contribution in [0.15, 0.2) is 18.2 Å². The quantitative estimate of drug-likeness (QED) is 0.772. The molecule has 0 aromatic heterocycles. The fourth-order valence-electron chi connectivity index (χ4n) is 1.96. The molecule has 128 valence electrons. The molecule has 0 bridgehead atoms. The van der Waals surface area contributed by atoms with E-state index >= 15 is 0 Å². The van der Waals surface area contributed by atoms with Gasteiger partial charge in [-0.2, -0.15) is 0 Å². The molecular formula is C17H24O6. The molecule has 6 nitrogen and oxygen atoms in total. The molecule has 6 heteroatoms. The molecule has 1 rings (SSSR count). The summed E-state index contributed by atoms with van der Waals surface area (Å²) in [6.45, 7) is 5.84. The summed E-state index contributed by atoms with van der Waals surface area (Å²) in [5, 5.41) is 10.9. The molecule has 0 fully saturated rings. The van der Waals surface area contributed by atoms with Crippen LogP contribution in [0.3, 0.4) is 0 Å². The fraction of sp³-hybridized carbons (Fsp3) is 0.529. The van der Waals surface area contributed by atoms with E-state index in [9.17, 15) is 14.7 Å². The largest absolute Gasteiger partial charge is 0.496 e. The number of aliphatic hydroxyl groups is 1. The maximum atomic E-state index is 11.7. The summed E-state index contributed by atoms with van der Waals surface area (Å²) in [6.07, 6.45) is 0. The molecule has 0 aliphatic heterocycles. The van der Waals surface area contributed by atoms with Crippen LogP contribution in [-0.2, 0) is 24.7 Å². The van der Waals surface area contributed by atoms with Crippen molar-refractivity contribution < 1.29 is 28.9 Å². The molecule has 1 unspecified atom stereocenters. The molecule has 0 spiro atoms. The average Bonchev–Trinajstić information content (AvgIpc) is 2.50. The minimum Gasteiger partial charge on any atom is -0.496 e. The number of methoxy groups -OCH3 is 1. The van der Waals surface area contributed by atoms with E-state index in [0.717, 1.165) is 5.56 Å². The maximum Gasteiger partial charge on any atom is 0.308 e. The second-order valence-electron chi connectivity index (χ2n) is 5.78. The number of carbonyl (C=O) groups is 2. The van der Waals surface area contributed by atoms with Crippen LogP contribution in [0.25, 0.3) is 0 Å². The van der Waals surface area contributed by atoms with Crippen molar-refractivity contribution in [3.63, 3.8) is 0 Å². The third kappa shape index (κ3) is 5.25. The lowest BCUT2D eigenvalue weighted by Crippen LogP contribution is -2.39. The van der Waals surface area contributed by atoms with Gasteiger partial charge in [-0.05, 0) is 18.6 Å². The van der Waals surface area contributed by atoms with E-state index < -0.39 is 17.5 Å². The predicted molar refractivity (Wildman–Crippen MR) is 84.1 cm³/mol. The van der Waals surface area contributed by atoms with Crippen molar-refractivity contribution in [1.82, 2.24) is 0 Å². The first-order valence-corrected chi connectivity index (χ1v) is 7.37. The van der Waals surface area contributed by atoms with E-state index in [1.54, 1.807) is 32.0 Å². The second kappa shape index (κ2) is 7.97. The van der Waals surface area contributed by atoms with Crippen LogP contribution in [0.5, 0.6) is 5.75 Å². The van der Waals surface area contributed by atoms with Crippen LogP contribution in [-0.4, -0.2) is 37.4 Å². The summed E-state index contributed by atoms with van der Waals surface area (Å²) >= 11 is 0. The lowest BCUT2D eigenvalue weighted by atomic mass is 9.93. The zero-order valence-electron chi connectivity index (χ0n) is 14.2. The van der Waals surface area contributed by atoms with Crippen molar-refractivity contribution >= 4 is 11.9 Å². The lowest BCUT2D eigenvalue weighted by molar-refractivity contribution is -0.165. The van der Waals surface area contributed by atoms with E-state index in [1.807, 2.05) is 6.92 Å². The number of carbonyl (C=O) groups excluding carboxylic acids is 2. The lowest BCUT2D eigenvalue weighted by Gasteiger charge is -2.29. The van der Waals surface area contributed by atoms with E-state index in [1.165, 1.54) is 14.0 Å². The Morgan fingerprint density at radius 1 is 1.22 bits per heavy atom. The normalized spacial score (nSPS) is 13.3. The van der Waals surface area contributed by atoms with Gasteiger partial charge in [-0.25, -0.2) is 0 Å². The van der Waals surface area contributed by atoms with E-state index in [0.29, 0.717) is 11.3 Å². The van der Waals surface area contributed by atoms with E-state index in [-0.39, 0.29) is 19.1 Å². The summed E-state index contributed by atoms with van der Waals surface area (Å²) in [5.41, 5.74) is -0.349. The van der Waals surface area contributed by atoms with Gasteiger partial charge in [-0.3, -0.25) is 9.59 Å². The zero-order chi connectivity index (χ0) is 17.6. The Bertz CT molecular complexity index is 566. The number of esters is 2. The summed E-state index contributed by atoms with van der Waals surface area (Å²) in [4.78, 5) is 22.8. The third-order valence-corrected chi connectivity index (χ3v) is 3.30. The molecule has 1 aromatic rings. The Hall–Kier alpha value is -2.08. The standard InChI is InChI=1S/C17H24O6/c1-11(2)16(19)23-10-17(20,9-22-13(4)18)14-7-6-12(3)8-15(14)21-5/h6-8,11,20H,9-10H2,1-5H3. The smallest absolute Gasteiger partial charge is 0.308 e. The van der Waals surface area contributed by atoms with Gasteiger partial charge in [0, 0.05) is 12.5 Å². The molecule has 1 aromatic carbocycles. The topological polar surface area (TPSA) is 82.1 Å². The highest BCUT2D eigenvalue weighted by atomic mass is 16.6. The van der Waals surface area contributed by atoms with Crippen LogP contribution in [0, 0.1) is 12.8 Å². The predicted octanol–water partition coefficient (Wildman–Crippen LogP) is 1.95. The molecule has 1 atom stereocenters. The van der Waals surface area contributed by atoms with Gasteiger partial charge >= 0.3 is 11.9 Å². The first kappa shape index (κ1) is 19.0. The van der Waals surface area contributed by atoms with E-state index in [2.05, 4.69) is 0 Å². The Morgan fingerprint density at radius 2 is 1.83 bits per heavy atom. The first-order chi connectivity index (χ1) is 10.7. The summed E-state index contributed by atoms with van der Waals surface area (Å²) in [7, 11) is 1.48. The Kier molecular flexibility index (Phi) is 6.57. The highest BCUT2D eigenvalue weighted by Crippen LogP contribution is 2.32. The number of hydrogen-bond donors (Lipinski definition) is 1. The molecule has 0 aliphatic carbocycles. The molecule has 0 aliphatic rings. The van der Waals surface area contributed by atoms with Crippen molar-refractivity contribution in [3.05, 3.63) is 29.3 Å². The molecule has 0 saturated carbocycles. The van der Waals surface area contributed by atoms with Crippen LogP contribution in [0.2, 0.25) is 0 Å². The van der Waals surface area contributed by atoms with Crippen molar-refractivity contribution in [2.24, 2.45) is 5.92 Å². The Balaban J connectivity index is 3.12. The third-order valence-electron chi connectivity index (χ3n) is 3.30. The van der Waals surface area contributed by atoms with Crippen molar-refractivity contribution in [1.29, 1.82) is 0 Å². The van der Waals surface area contributed by atoms with Gasteiger partial charge in [-0.1, -0.05) is 26.0 Å². The number of benzene rings is 1. The molecule has 0 amide bonds. The molecule has 23 heavy (non-hydrogen) atoms. The minimum atomic E-state index is -1.69. The number of aryl methyl sites for hydroxylation is 1. The van der Waals surface area contributed by atoms with Crippen LogP contribution >= 0.6 is 0 Å². The van der Waals surface area contributed by atoms with Crippen molar-refractivity contribution in [3.8, 4) is 5.75 Å². The molecule has 1 N–H and O–H groups in total. The van der Waals surface area contributed by atoms with Gasteiger partial charge in [0.1, 0.15) is 19.0 Å². The Labute approximate surface area is 136 Å². The number of hydrogen-bond acceptors (Lipinski definition) is 6. The van der Waals surface area contributed by atoms with Gasteiger partial charge in [-0.15, -0.1) is 0 Å². The van der Waals surface area contributed by atoms with Gasteiger partial charge in [0.2, 0.25) is 0 Å². The van der Waals surface area contributed by atoms with Crippen molar-refractivity contribution in [2.75, 3.05) is 20.3 Å². The fourth-order valence-corrected chi connectivity index (χ4v) is 1.96. The second-order valence-corrected chi connectivity index (χ2v) is 5.78. The molecule has 0 heterocycles. The average molecular weight is 324 g/mol. The van der Waals surface area contributed by atoms with Crippen LogP contribution in [0.1, 0.15) is 31.9 Å². The van der Waals surface area contributed by atoms with Crippen LogP contribution in [0.4, 0.5) is 0 Å². The minimum absolute atomic E-state index is 0.326. The summed E-state index contributed by atoms with van der Waals surface area (Å²) in [6, 6.07) is 5.21. The number of rotatable bonds is 7. The van der Waals surface area contributed by atoms with E-state index in [4.69, 9.17) is 14.2 Å². The molecule has 0 saturated heterocycles. The van der Waals surface area contributed by atoms with Gasteiger partial charge in [0.25, 0.3) is 0 Å². The zero-order valence-corrected chi connectivity index (χ0v) is 14.2. The van der Waals surface area contributed by atoms with Gasteiger partial charge in [0.05, 0.1) is 13.0 Å². The summed E-state index contributed by atoms with van der Waals surface area (Å²) in [5.74, 6) is -0.879. The first-order valence-electron chi connectivity index (χ1n) is 7.37.